The number of hydrogen-bond donors (Lipinski definition) is 0. The number of hydrogen-bond acceptors (Lipinski definition) is 3. The van der Waals surface area contributed by atoms with E-state index in [9.17, 15) is 4.79 Å². The third-order valence-electron chi connectivity index (χ3n) is 5.06. The molecule has 2 aliphatic heterocycles. The molecular weight excluding hydrogens is 288 g/mol. The molecule has 1 aromatic carbocycles. The van der Waals surface area contributed by atoms with Gasteiger partial charge in [0.1, 0.15) is 5.60 Å². The van der Waals surface area contributed by atoms with Gasteiger partial charge in [0, 0.05) is 25.2 Å². The maximum absolute atomic E-state index is 12.5. The van der Waals surface area contributed by atoms with Crippen LogP contribution < -0.4 is 0 Å². The van der Waals surface area contributed by atoms with E-state index in [1.54, 1.807) is 0 Å². The minimum Gasteiger partial charge on any atom is -0.444 e. The van der Waals surface area contributed by atoms with Gasteiger partial charge in [-0.05, 0) is 52.1 Å². The van der Waals surface area contributed by atoms with E-state index in [2.05, 4.69) is 42.2 Å². The van der Waals surface area contributed by atoms with Crippen LogP contribution in [0.25, 0.3) is 0 Å². The highest BCUT2D eigenvalue weighted by molar-refractivity contribution is 5.69. The number of fused-ring (bicyclic) bond motifs is 1. The number of carbonyl (C=O) groups excluding carboxylic acids is 1. The Morgan fingerprint density at radius 1 is 1.26 bits per heavy atom. The van der Waals surface area contributed by atoms with Crippen LogP contribution in [0.3, 0.4) is 0 Å². The number of carbonyl (C=O) groups is 1. The summed E-state index contributed by atoms with van der Waals surface area (Å²) in [5.41, 5.74) is 0.912. The molecule has 0 saturated carbocycles. The average molecular weight is 316 g/mol. The van der Waals surface area contributed by atoms with Gasteiger partial charge in [-0.15, -0.1) is 0 Å². The van der Waals surface area contributed by atoms with Gasteiger partial charge in [-0.2, -0.15) is 0 Å². The normalized spacial score (nSPS) is 28.0. The van der Waals surface area contributed by atoms with Gasteiger partial charge in [0.25, 0.3) is 0 Å². The topological polar surface area (TPSA) is 32.8 Å². The average Bonchev–Trinajstić information content (AvgIpc) is 3.00. The Hall–Kier alpha value is -1.55. The maximum atomic E-state index is 12.5. The fraction of sp³-hybridized carbons (Fsp3) is 0.632. The zero-order valence-corrected chi connectivity index (χ0v) is 14.7. The number of nitrogens with zero attached hydrogens (tertiary/aromatic N) is 2. The first-order valence-electron chi connectivity index (χ1n) is 8.63. The third-order valence-corrected chi connectivity index (χ3v) is 5.06. The Morgan fingerprint density at radius 3 is 2.61 bits per heavy atom. The molecule has 0 N–H and O–H groups in total. The molecule has 0 unspecified atom stereocenters. The van der Waals surface area contributed by atoms with Crippen LogP contribution >= 0.6 is 0 Å². The summed E-state index contributed by atoms with van der Waals surface area (Å²) in [7, 11) is 0. The minimum atomic E-state index is -0.432. The Balaban J connectivity index is 1.66. The van der Waals surface area contributed by atoms with Crippen molar-refractivity contribution in [1.29, 1.82) is 0 Å². The van der Waals surface area contributed by atoms with E-state index in [-0.39, 0.29) is 12.1 Å². The fourth-order valence-corrected chi connectivity index (χ4v) is 3.93. The highest BCUT2D eigenvalue weighted by Crippen LogP contribution is 2.37. The van der Waals surface area contributed by atoms with Crippen molar-refractivity contribution in [3.8, 4) is 0 Å². The van der Waals surface area contributed by atoms with E-state index in [0.717, 1.165) is 26.1 Å². The summed E-state index contributed by atoms with van der Waals surface area (Å²) in [5, 5.41) is 0. The molecule has 126 valence electrons. The number of amides is 1. The van der Waals surface area contributed by atoms with E-state index in [1.165, 1.54) is 5.56 Å². The first kappa shape index (κ1) is 16.3. The molecule has 0 radical (unpaired) electrons. The summed E-state index contributed by atoms with van der Waals surface area (Å²) in [6.45, 7) is 10.8. The van der Waals surface area contributed by atoms with Gasteiger partial charge < -0.3 is 9.64 Å². The van der Waals surface area contributed by atoms with E-state index >= 15 is 0 Å². The van der Waals surface area contributed by atoms with Crippen LogP contribution in [0.15, 0.2) is 30.3 Å². The van der Waals surface area contributed by atoms with Crippen molar-refractivity contribution in [1.82, 2.24) is 9.80 Å². The molecule has 2 saturated heterocycles. The van der Waals surface area contributed by atoms with Gasteiger partial charge in [0.15, 0.2) is 0 Å². The first-order valence-corrected chi connectivity index (χ1v) is 8.63. The second-order valence-corrected chi connectivity index (χ2v) is 7.85. The molecule has 3 atom stereocenters. The summed E-state index contributed by atoms with van der Waals surface area (Å²) in [6.07, 6.45) is 0.997. The van der Waals surface area contributed by atoms with Crippen LogP contribution in [0.5, 0.6) is 0 Å². The second kappa shape index (κ2) is 6.16. The molecule has 0 bridgehead atoms. The van der Waals surface area contributed by atoms with Crippen molar-refractivity contribution in [2.45, 2.75) is 58.3 Å². The van der Waals surface area contributed by atoms with Gasteiger partial charge in [-0.1, -0.05) is 30.3 Å². The molecule has 23 heavy (non-hydrogen) atoms. The molecule has 1 aromatic rings. The van der Waals surface area contributed by atoms with Crippen LogP contribution in [-0.4, -0.2) is 46.7 Å². The minimum absolute atomic E-state index is 0.168. The molecule has 0 aliphatic carbocycles. The van der Waals surface area contributed by atoms with E-state index in [4.69, 9.17) is 4.74 Å². The zero-order chi connectivity index (χ0) is 16.6. The van der Waals surface area contributed by atoms with Gasteiger partial charge in [-0.3, -0.25) is 4.90 Å². The molecule has 0 spiro atoms. The van der Waals surface area contributed by atoms with Crippen molar-refractivity contribution in [3.63, 3.8) is 0 Å². The van der Waals surface area contributed by atoms with E-state index in [0.29, 0.717) is 12.0 Å². The molecule has 2 heterocycles. The van der Waals surface area contributed by atoms with Crippen LogP contribution in [0.4, 0.5) is 4.79 Å². The lowest BCUT2D eigenvalue weighted by Gasteiger charge is -2.29. The van der Waals surface area contributed by atoms with E-state index < -0.39 is 5.60 Å². The van der Waals surface area contributed by atoms with Crippen molar-refractivity contribution in [3.05, 3.63) is 35.9 Å². The van der Waals surface area contributed by atoms with Crippen molar-refractivity contribution in [2.24, 2.45) is 5.92 Å². The lowest BCUT2D eigenvalue weighted by molar-refractivity contribution is 0.0208. The molecule has 3 rings (SSSR count). The molecule has 2 aliphatic rings. The Morgan fingerprint density at radius 2 is 1.96 bits per heavy atom. The largest absolute Gasteiger partial charge is 0.444 e. The summed E-state index contributed by atoms with van der Waals surface area (Å²) in [5.74, 6) is 0.561. The lowest BCUT2D eigenvalue weighted by Crippen LogP contribution is -2.41. The third kappa shape index (κ3) is 3.52. The Bertz CT molecular complexity index is 552. The van der Waals surface area contributed by atoms with Crippen molar-refractivity contribution in [2.75, 3.05) is 13.1 Å². The number of benzene rings is 1. The predicted molar refractivity (Wildman–Crippen MR) is 91.1 cm³/mol. The Kier molecular flexibility index (Phi) is 4.37. The number of rotatable bonds is 2. The first-order chi connectivity index (χ1) is 10.8. The monoisotopic (exact) mass is 316 g/mol. The molecule has 1 amide bonds. The second-order valence-electron chi connectivity index (χ2n) is 7.85. The molecule has 2 fully saturated rings. The highest BCUT2D eigenvalue weighted by Gasteiger charge is 2.48. The standard InChI is InChI=1S/C19H28N2O2/c1-14-16-10-11-20(12-15-8-6-5-7-9-15)17(16)13-21(14)18(22)23-19(2,3)4/h5-9,14,16-17H,10-13H2,1-4H3/t14-,16-,17+/m1/s1. The summed E-state index contributed by atoms with van der Waals surface area (Å²) < 4.78 is 5.58. The quantitative estimate of drug-likeness (QED) is 0.837. The number of likely N-dealkylation sites (tertiary alicyclic amines) is 2. The smallest absolute Gasteiger partial charge is 0.410 e. The molecular formula is C19H28N2O2. The Labute approximate surface area is 139 Å². The van der Waals surface area contributed by atoms with E-state index in [1.807, 2.05) is 25.7 Å². The van der Waals surface area contributed by atoms with Crippen molar-refractivity contribution >= 4 is 6.09 Å². The zero-order valence-electron chi connectivity index (χ0n) is 14.7. The van der Waals surface area contributed by atoms with Crippen molar-refractivity contribution < 1.29 is 9.53 Å². The fourth-order valence-electron chi connectivity index (χ4n) is 3.93. The van der Waals surface area contributed by atoms with Gasteiger partial charge in [0.2, 0.25) is 0 Å². The highest BCUT2D eigenvalue weighted by atomic mass is 16.6. The molecule has 4 heteroatoms. The summed E-state index contributed by atoms with van der Waals surface area (Å²) in [6, 6.07) is 11.3. The number of ether oxygens (including phenoxy) is 1. The predicted octanol–water partition coefficient (Wildman–Crippen LogP) is 3.52. The van der Waals surface area contributed by atoms with Crippen LogP contribution in [0.1, 0.15) is 39.7 Å². The SMILES string of the molecule is C[C@@H]1[C@H]2CCN(Cc3ccccc3)[C@H]2CN1C(=O)OC(C)(C)C. The molecule has 0 aromatic heterocycles. The lowest BCUT2D eigenvalue weighted by atomic mass is 9.98. The van der Waals surface area contributed by atoms with Crippen LogP contribution in [-0.2, 0) is 11.3 Å². The maximum Gasteiger partial charge on any atom is 0.410 e. The van der Waals surface area contributed by atoms with Gasteiger partial charge in [-0.25, -0.2) is 4.79 Å². The molecule has 4 nitrogen and oxygen atoms in total. The summed E-state index contributed by atoms with van der Waals surface area (Å²) in [4.78, 5) is 16.9. The summed E-state index contributed by atoms with van der Waals surface area (Å²) >= 11 is 0. The van der Waals surface area contributed by atoms with Gasteiger partial charge in [0.05, 0.1) is 0 Å². The van der Waals surface area contributed by atoms with Gasteiger partial charge >= 0.3 is 6.09 Å². The van der Waals surface area contributed by atoms with Crippen LogP contribution in [0.2, 0.25) is 0 Å². The van der Waals surface area contributed by atoms with Crippen LogP contribution in [0, 0.1) is 5.92 Å².